The lowest BCUT2D eigenvalue weighted by Gasteiger charge is -2.18. The van der Waals surface area contributed by atoms with Crippen LogP contribution < -0.4 is 21.3 Å². The van der Waals surface area contributed by atoms with E-state index in [1.807, 2.05) is 48.7 Å². The predicted octanol–water partition coefficient (Wildman–Crippen LogP) is 4.50. The van der Waals surface area contributed by atoms with Crippen molar-refractivity contribution in [2.24, 2.45) is 0 Å². The third kappa shape index (κ3) is 5.80. The van der Waals surface area contributed by atoms with E-state index < -0.39 is 6.04 Å². The fourth-order valence-corrected chi connectivity index (χ4v) is 3.66. The topological polar surface area (TPSA) is 115 Å². The van der Waals surface area contributed by atoms with Gasteiger partial charge in [0.25, 0.3) is 0 Å². The van der Waals surface area contributed by atoms with Crippen molar-refractivity contribution in [2.75, 3.05) is 16.0 Å². The Hall–Kier alpha value is -4.59. The van der Waals surface area contributed by atoms with Gasteiger partial charge in [0.05, 0.1) is 0 Å². The summed E-state index contributed by atoms with van der Waals surface area (Å²) in [7, 11) is 0. The summed E-state index contributed by atoms with van der Waals surface area (Å²) in [6.07, 6.45) is 2.20. The van der Waals surface area contributed by atoms with Crippen LogP contribution >= 0.6 is 0 Å². The maximum atomic E-state index is 13.0. The van der Waals surface area contributed by atoms with Crippen LogP contribution in [0.1, 0.15) is 12.5 Å². The van der Waals surface area contributed by atoms with Gasteiger partial charge < -0.3 is 26.3 Å². The first-order valence-corrected chi connectivity index (χ1v) is 10.8. The third-order valence-corrected chi connectivity index (χ3v) is 5.23. The summed E-state index contributed by atoms with van der Waals surface area (Å²) in [6, 6.07) is 22.6. The van der Waals surface area contributed by atoms with Crippen LogP contribution in [0.3, 0.4) is 0 Å². The standard InChI is InChI=1S/C26H25N5O3/c1-17(32)28-24(15-18-16-27-23-10-6-5-9-22(18)23)25(33)29-20-11-13-21(14-12-20)31-26(34)30-19-7-3-2-4-8-19/h2-14,16,24,27H,15H2,1H3,(H,28,32)(H,29,33)(H2,30,31,34). The lowest BCUT2D eigenvalue weighted by atomic mass is 10.0. The minimum absolute atomic E-state index is 0.288. The summed E-state index contributed by atoms with van der Waals surface area (Å²) < 4.78 is 0. The van der Waals surface area contributed by atoms with E-state index >= 15 is 0 Å². The highest BCUT2D eigenvalue weighted by molar-refractivity contribution is 6.00. The maximum absolute atomic E-state index is 13.0. The van der Waals surface area contributed by atoms with E-state index in [0.717, 1.165) is 16.5 Å². The second-order valence-corrected chi connectivity index (χ2v) is 7.83. The van der Waals surface area contributed by atoms with Crippen LogP contribution in [0, 0.1) is 0 Å². The van der Waals surface area contributed by atoms with Crippen molar-refractivity contribution in [3.8, 4) is 0 Å². The van der Waals surface area contributed by atoms with Crippen LogP contribution in [0.2, 0.25) is 0 Å². The fraction of sp³-hybridized carbons (Fsp3) is 0.115. The molecule has 4 amide bonds. The molecule has 1 atom stereocenters. The molecule has 4 aromatic rings. The van der Waals surface area contributed by atoms with Gasteiger partial charge in [0.1, 0.15) is 6.04 Å². The predicted molar refractivity (Wildman–Crippen MR) is 134 cm³/mol. The molecule has 8 nitrogen and oxygen atoms in total. The number of carbonyl (C=O) groups is 3. The summed E-state index contributed by atoms with van der Waals surface area (Å²) in [5.41, 5.74) is 3.72. The molecule has 0 saturated carbocycles. The van der Waals surface area contributed by atoms with Crippen LogP contribution in [-0.2, 0) is 16.0 Å². The summed E-state index contributed by atoms with van der Waals surface area (Å²) >= 11 is 0. The van der Waals surface area contributed by atoms with Crippen molar-refractivity contribution >= 4 is 45.8 Å². The molecular weight excluding hydrogens is 430 g/mol. The largest absolute Gasteiger partial charge is 0.361 e. The SMILES string of the molecule is CC(=O)NC(Cc1c[nH]c2ccccc12)C(=O)Nc1ccc(NC(=O)Nc2ccccc2)cc1. The van der Waals surface area contributed by atoms with Gasteiger partial charge in [-0.15, -0.1) is 0 Å². The Morgan fingerprint density at radius 1 is 0.765 bits per heavy atom. The van der Waals surface area contributed by atoms with E-state index in [-0.39, 0.29) is 17.8 Å². The highest BCUT2D eigenvalue weighted by Gasteiger charge is 2.21. The number of anilines is 3. The molecular formula is C26H25N5O3. The van der Waals surface area contributed by atoms with Crippen LogP contribution in [0.5, 0.6) is 0 Å². The number of aromatic amines is 1. The van der Waals surface area contributed by atoms with Crippen LogP contribution in [0.15, 0.2) is 85.1 Å². The lowest BCUT2D eigenvalue weighted by Crippen LogP contribution is -2.44. The molecule has 3 aromatic carbocycles. The molecule has 0 spiro atoms. The average Bonchev–Trinajstić information content (AvgIpc) is 3.23. The highest BCUT2D eigenvalue weighted by atomic mass is 16.2. The summed E-state index contributed by atoms with van der Waals surface area (Å²) in [6.45, 7) is 1.39. The molecule has 172 valence electrons. The molecule has 0 fully saturated rings. The molecule has 8 heteroatoms. The molecule has 4 rings (SSSR count). The van der Waals surface area contributed by atoms with E-state index in [1.165, 1.54) is 6.92 Å². The zero-order valence-electron chi connectivity index (χ0n) is 18.6. The van der Waals surface area contributed by atoms with Crippen molar-refractivity contribution < 1.29 is 14.4 Å². The Kier molecular flexibility index (Phi) is 6.88. The summed E-state index contributed by atoms with van der Waals surface area (Å²) in [4.78, 5) is 40.0. The van der Waals surface area contributed by atoms with Crippen LogP contribution in [-0.4, -0.2) is 28.9 Å². The fourth-order valence-electron chi connectivity index (χ4n) is 3.66. The van der Waals surface area contributed by atoms with Gasteiger partial charge in [-0.25, -0.2) is 4.79 Å². The third-order valence-electron chi connectivity index (χ3n) is 5.23. The number of carbonyl (C=O) groups excluding carboxylic acids is 3. The number of amides is 4. The number of para-hydroxylation sites is 2. The van der Waals surface area contributed by atoms with Gasteiger partial charge in [0, 0.05) is 47.5 Å². The number of urea groups is 1. The molecule has 1 heterocycles. The number of aromatic nitrogens is 1. The molecule has 1 unspecified atom stereocenters. The number of H-pyrrole nitrogens is 1. The van der Waals surface area contributed by atoms with Gasteiger partial charge in [-0.1, -0.05) is 36.4 Å². The highest BCUT2D eigenvalue weighted by Crippen LogP contribution is 2.20. The molecule has 5 N–H and O–H groups in total. The number of benzene rings is 3. The minimum Gasteiger partial charge on any atom is -0.361 e. The second-order valence-electron chi connectivity index (χ2n) is 7.83. The van der Waals surface area contributed by atoms with Crippen molar-refractivity contribution in [3.05, 3.63) is 90.6 Å². The number of hydrogen-bond acceptors (Lipinski definition) is 3. The first-order chi connectivity index (χ1) is 16.5. The van der Waals surface area contributed by atoms with Crippen molar-refractivity contribution in [2.45, 2.75) is 19.4 Å². The molecule has 1 aromatic heterocycles. The summed E-state index contributed by atoms with van der Waals surface area (Å²) in [5, 5.41) is 12.1. The van der Waals surface area contributed by atoms with E-state index in [1.54, 1.807) is 36.4 Å². The number of hydrogen-bond donors (Lipinski definition) is 5. The van der Waals surface area contributed by atoms with Gasteiger partial charge in [0.2, 0.25) is 11.8 Å². The van der Waals surface area contributed by atoms with Gasteiger partial charge >= 0.3 is 6.03 Å². The van der Waals surface area contributed by atoms with Crippen molar-refractivity contribution in [3.63, 3.8) is 0 Å². The lowest BCUT2D eigenvalue weighted by molar-refractivity contribution is -0.125. The number of fused-ring (bicyclic) bond motifs is 1. The monoisotopic (exact) mass is 455 g/mol. The average molecular weight is 456 g/mol. The van der Waals surface area contributed by atoms with Crippen molar-refractivity contribution in [1.29, 1.82) is 0 Å². The number of rotatable bonds is 7. The normalized spacial score (nSPS) is 11.4. The second kappa shape index (κ2) is 10.4. The zero-order chi connectivity index (χ0) is 23.9. The molecule has 0 radical (unpaired) electrons. The Morgan fingerprint density at radius 3 is 2.03 bits per heavy atom. The Morgan fingerprint density at radius 2 is 1.35 bits per heavy atom. The zero-order valence-corrected chi connectivity index (χ0v) is 18.6. The van der Waals surface area contributed by atoms with Crippen LogP contribution in [0.25, 0.3) is 10.9 Å². The maximum Gasteiger partial charge on any atom is 0.323 e. The molecule has 34 heavy (non-hydrogen) atoms. The van der Waals surface area contributed by atoms with E-state index in [0.29, 0.717) is 23.5 Å². The smallest absolute Gasteiger partial charge is 0.323 e. The Bertz CT molecular complexity index is 1300. The Labute approximate surface area is 196 Å². The van der Waals surface area contributed by atoms with E-state index in [2.05, 4.69) is 26.3 Å². The van der Waals surface area contributed by atoms with Gasteiger partial charge in [-0.3, -0.25) is 9.59 Å². The molecule has 0 saturated heterocycles. The van der Waals surface area contributed by atoms with Gasteiger partial charge in [0.15, 0.2) is 0 Å². The van der Waals surface area contributed by atoms with Crippen LogP contribution in [0.4, 0.5) is 21.9 Å². The molecule has 0 bridgehead atoms. The molecule has 0 aliphatic rings. The van der Waals surface area contributed by atoms with E-state index in [9.17, 15) is 14.4 Å². The van der Waals surface area contributed by atoms with Gasteiger partial charge in [-0.05, 0) is 48.0 Å². The first-order valence-electron chi connectivity index (χ1n) is 10.8. The number of nitrogens with one attached hydrogen (secondary N) is 5. The first kappa shape index (κ1) is 22.6. The molecule has 0 aliphatic heterocycles. The van der Waals surface area contributed by atoms with E-state index in [4.69, 9.17) is 0 Å². The van der Waals surface area contributed by atoms with Crippen molar-refractivity contribution in [1.82, 2.24) is 10.3 Å². The quantitative estimate of drug-likeness (QED) is 0.283. The summed E-state index contributed by atoms with van der Waals surface area (Å²) in [5.74, 6) is -0.619. The molecule has 0 aliphatic carbocycles. The minimum atomic E-state index is -0.744. The van der Waals surface area contributed by atoms with Gasteiger partial charge in [-0.2, -0.15) is 0 Å². The Balaban J connectivity index is 1.39.